The van der Waals surface area contributed by atoms with Gasteiger partial charge in [-0.15, -0.1) is 0 Å². The summed E-state index contributed by atoms with van der Waals surface area (Å²) in [5, 5.41) is 8.30. The van der Waals surface area contributed by atoms with E-state index in [1.54, 1.807) is 6.33 Å². The molecule has 0 aliphatic heterocycles. The van der Waals surface area contributed by atoms with Crippen molar-refractivity contribution >= 4 is 33.9 Å². The second-order valence-corrected chi connectivity index (χ2v) is 9.76. The van der Waals surface area contributed by atoms with Gasteiger partial charge >= 0.3 is 0 Å². The van der Waals surface area contributed by atoms with Crippen LogP contribution in [0.1, 0.15) is 44.2 Å². The molecule has 4 fully saturated rings. The third-order valence-electron chi connectivity index (χ3n) is 7.42. The fourth-order valence-electron chi connectivity index (χ4n) is 6.58. The van der Waals surface area contributed by atoms with E-state index in [4.69, 9.17) is 10.7 Å². The summed E-state index contributed by atoms with van der Waals surface area (Å²) in [5.74, 6) is 4.00. The first-order chi connectivity index (χ1) is 14.6. The zero-order valence-corrected chi connectivity index (χ0v) is 17.4. The number of hydrogen-bond acceptors (Lipinski definition) is 6. The molecule has 4 aliphatic rings. The molecule has 0 amide bonds. The maximum Gasteiger partial charge on any atom is 0.159 e. The Bertz CT molecular complexity index is 1090. The molecule has 4 N–H and O–H groups in total. The van der Waals surface area contributed by atoms with E-state index < -0.39 is 0 Å². The zero-order valence-electron chi connectivity index (χ0n) is 17.4. The van der Waals surface area contributed by atoms with Crippen molar-refractivity contribution in [1.82, 2.24) is 15.0 Å². The topological polar surface area (TPSA) is 88.8 Å². The molecule has 6 nitrogen and oxygen atoms in total. The molecule has 2 heterocycles. The molecule has 6 heteroatoms. The average Bonchev–Trinajstić information content (AvgIpc) is 2.70. The highest BCUT2D eigenvalue weighted by Gasteiger charge is 2.51. The van der Waals surface area contributed by atoms with Gasteiger partial charge in [0.25, 0.3) is 0 Å². The van der Waals surface area contributed by atoms with E-state index >= 15 is 0 Å². The number of aryl methyl sites for hydroxylation is 1. The minimum atomic E-state index is 0.159. The van der Waals surface area contributed by atoms with Crippen molar-refractivity contribution in [3.8, 4) is 0 Å². The van der Waals surface area contributed by atoms with Crippen LogP contribution in [0.25, 0.3) is 10.9 Å². The summed E-state index contributed by atoms with van der Waals surface area (Å²) in [4.78, 5) is 13.7. The molecule has 154 valence electrons. The van der Waals surface area contributed by atoms with Crippen molar-refractivity contribution in [2.24, 2.45) is 17.8 Å². The largest absolute Gasteiger partial charge is 0.393 e. The van der Waals surface area contributed by atoms with Gasteiger partial charge in [-0.2, -0.15) is 0 Å². The normalized spacial score (nSPS) is 29.3. The SMILES string of the molecule is Cc1ccc2cccc(Nc3ncnc(NC45CC6CC(CC(C6)C4)C5)c3N)c2n1. The van der Waals surface area contributed by atoms with Crippen molar-refractivity contribution in [2.75, 3.05) is 16.4 Å². The van der Waals surface area contributed by atoms with Crippen LogP contribution in [-0.4, -0.2) is 20.5 Å². The second kappa shape index (κ2) is 6.56. The summed E-state index contributed by atoms with van der Waals surface area (Å²) < 4.78 is 0. The van der Waals surface area contributed by atoms with Crippen LogP contribution in [0.5, 0.6) is 0 Å². The van der Waals surface area contributed by atoms with Crippen molar-refractivity contribution in [3.05, 3.63) is 42.4 Å². The molecule has 0 spiro atoms. The maximum atomic E-state index is 6.56. The molecule has 1 aromatic carbocycles. The minimum Gasteiger partial charge on any atom is -0.393 e. The van der Waals surface area contributed by atoms with Crippen molar-refractivity contribution in [3.63, 3.8) is 0 Å². The Balaban J connectivity index is 1.31. The highest BCUT2D eigenvalue weighted by atomic mass is 15.1. The number of nitrogens with one attached hydrogen (secondary N) is 2. The summed E-state index contributed by atoms with van der Waals surface area (Å²) in [6.07, 6.45) is 9.60. The molecule has 30 heavy (non-hydrogen) atoms. The number of nitrogens with two attached hydrogens (primary N) is 1. The van der Waals surface area contributed by atoms with Crippen molar-refractivity contribution in [2.45, 2.75) is 51.0 Å². The molecule has 0 atom stereocenters. The molecular formula is C24H28N6. The first-order valence-electron chi connectivity index (χ1n) is 11.1. The predicted molar refractivity (Wildman–Crippen MR) is 121 cm³/mol. The number of nitrogen functional groups attached to an aromatic ring is 1. The number of hydrogen-bond donors (Lipinski definition) is 3. The smallest absolute Gasteiger partial charge is 0.159 e. The number of anilines is 4. The summed E-state index contributed by atoms with van der Waals surface area (Å²) >= 11 is 0. The van der Waals surface area contributed by atoms with Crippen LogP contribution in [0, 0.1) is 24.7 Å². The van der Waals surface area contributed by atoms with E-state index in [1.165, 1.54) is 38.5 Å². The molecule has 4 bridgehead atoms. The average molecular weight is 401 g/mol. The second-order valence-electron chi connectivity index (χ2n) is 9.76. The fourth-order valence-corrected chi connectivity index (χ4v) is 6.58. The number of nitrogens with zero attached hydrogens (tertiary/aromatic N) is 3. The maximum absolute atomic E-state index is 6.56. The summed E-state index contributed by atoms with van der Waals surface area (Å²) in [6.45, 7) is 2.00. The van der Waals surface area contributed by atoms with Gasteiger partial charge in [-0.1, -0.05) is 18.2 Å². The molecular weight excluding hydrogens is 372 g/mol. The molecule has 0 saturated heterocycles. The molecule has 4 aliphatic carbocycles. The number of pyridine rings is 1. The van der Waals surface area contributed by atoms with Gasteiger partial charge in [0.2, 0.25) is 0 Å². The fraction of sp³-hybridized carbons (Fsp3) is 0.458. The van der Waals surface area contributed by atoms with Crippen molar-refractivity contribution < 1.29 is 0 Å². The predicted octanol–water partition coefficient (Wildman–Crippen LogP) is 5.04. The monoisotopic (exact) mass is 400 g/mol. The van der Waals surface area contributed by atoms with Gasteiger partial charge in [-0.3, -0.25) is 4.98 Å². The van der Waals surface area contributed by atoms with E-state index in [0.717, 1.165) is 45.9 Å². The van der Waals surface area contributed by atoms with Gasteiger partial charge in [0.1, 0.15) is 12.0 Å². The number of aromatic nitrogens is 3. The van der Waals surface area contributed by atoms with Gasteiger partial charge in [-0.25, -0.2) is 9.97 Å². The Morgan fingerprint density at radius 3 is 2.37 bits per heavy atom. The van der Waals surface area contributed by atoms with Crippen LogP contribution in [0.3, 0.4) is 0 Å². The number of para-hydroxylation sites is 1. The molecule has 3 aromatic rings. The lowest BCUT2D eigenvalue weighted by Crippen LogP contribution is -2.55. The molecule has 4 saturated carbocycles. The summed E-state index contributed by atoms with van der Waals surface area (Å²) in [6, 6.07) is 10.2. The highest BCUT2D eigenvalue weighted by Crippen LogP contribution is 2.56. The van der Waals surface area contributed by atoms with Crippen LogP contribution in [0.2, 0.25) is 0 Å². The molecule has 0 radical (unpaired) electrons. The van der Waals surface area contributed by atoms with Gasteiger partial charge in [0.05, 0.1) is 11.2 Å². The Morgan fingerprint density at radius 1 is 0.933 bits per heavy atom. The standard InChI is InChI=1S/C24H28N6/c1-14-5-6-18-3-2-4-19(21(18)28-14)29-22-20(25)23(27-13-26-22)30-24-10-15-7-16(11-24)9-17(8-15)12-24/h2-6,13,15-17H,7-12,25H2,1H3,(H2,26,27,29,30). The van der Waals surface area contributed by atoms with E-state index in [0.29, 0.717) is 11.5 Å². The van der Waals surface area contributed by atoms with Crippen LogP contribution < -0.4 is 16.4 Å². The Kier molecular flexibility index (Phi) is 3.92. The zero-order chi connectivity index (χ0) is 20.3. The van der Waals surface area contributed by atoms with Gasteiger partial charge < -0.3 is 16.4 Å². The minimum absolute atomic E-state index is 0.159. The molecule has 0 unspecified atom stereocenters. The molecule has 2 aromatic heterocycles. The summed E-state index contributed by atoms with van der Waals surface area (Å²) in [7, 11) is 0. The summed E-state index contributed by atoms with van der Waals surface area (Å²) in [5.41, 5.74) is 10.1. The van der Waals surface area contributed by atoms with Gasteiger partial charge in [0, 0.05) is 16.6 Å². The van der Waals surface area contributed by atoms with E-state index in [-0.39, 0.29) is 5.54 Å². The number of fused-ring (bicyclic) bond motifs is 1. The Morgan fingerprint density at radius 2 is 1.63 bits per heavy atom. The van der Waals surface area contributed by atoms with Crippen molar-refractivity contribution in [1.29, 1.82) is 0 Å². The highest BCUT2D eigenvalue weighted by molar-refractivity contribution is 5.93. The first-order valence-corrected chi connectivity index (χ1v) is 11.1. The van der Waals surface area contributed by atoms with Gasteiger partial charge in [0.15, 0.2) is 11.6 Å². The lowest BCUT2D eigenvalue weighted by Gasteiger charge is -2.57. The molecule has 7 rings (SSSR count). The van der Waals surface area contributed by atoms with Crippen LogP contribution in [0.15, 0.2) is 36.7 Å². The third-order valence-corrected chi connectivity index (χ3v) is 7.42. The van der Waals surface area contributed by atoms with E-state index in [2.05, 4.69) is 32.7 Å². The third kappa shape index (κ3) is 2.97. The van der Waals surface area contributed by atoms with Crippen LogP contribution >= 0.6 is 0 Å². The lowest BCUT2D eigenvalue weighted by molar-refractivity contribution is 0.0106. The van der Waals surface area contributed by atoms with Gasteiger partial charge in [-0.05, 0) is 75.3 Å². The van der Waals surface area contributed by atoms with Crippen LogP contribution in [0.4, 0.5) is 23.0 Å². The van der Waals surface area contributed by atoms with Crippen LogP contribution in [-0.2, 0) is 0 Å². The lowest BCUT2D eigenvalue weighted by atomic mass is 9.53. The van der Waals surface area contributed by atoms with E-state index in [9.17, 15) is 0 Å². The van der Waals surface area contributed by atoms with E-state index in [1.807, 2.05) is 25.1 Å². The number of rotatable bonds is 4. The quantitative estimate of drug-likeness (QED) is 0.569. The Labute approximate surface area is 176 Å². The first kappa shape index (κ1) is 17.9. The Hall–Kier alpha value is -2.89. The number of benzene rings is 1.